The van der Waals surface area contributed by atoms with Gasteiger partial charge in [-0.25, -0.2) is 4.57 Å². The minimum atomic E-state index is -4.20. The first-order valence-electron chi connectivity index (χ1n) is 9.32. The molecule has 2 N–H and O–H groups in total. The Balaban J connectivity index is 4.26. The summed E-state index contributed by atoms with van der Waals surface area (Å²) in [6.45, 7) is 15.4. The second-order valence-corrected chi connectivity index (χ2v) is 10.1. The van der Waals surface area contributed by atoms with E-state index in [-0.39, 0.29) is 37.4 Å². The van der Waals surface area contributed by atoms with Gasteiger partial charge in [-0.2, -0.15) is 0 Å². The molecule has 0 rings (SSSR count). The number of carbonyl (C=O) groups excluding carboxylic acids is 1. The van der Waals surface area contributed by atoms with E-state index in [1.54, 1.807) is 0 Å². The highest BCUT2D eigenvalue weighted by Crippen LogP contribution is 2.43. The van der Waals surface area contributed by atoms with Crippen LogP contribution in [0.5, 0.6) is 0 Å². The van der Waals surface area contributed by atoms with Gasteiger partial charge in [-0.1, -0.05) is 20.8 Å². The number of hydrogen-bond acceptors (Lipinski definition) is 6. The normalized spacial score (nSPS) is 16.2. The van der Waals surface area contributed by atoms with Crippen LogP contribution < -0.4 is 5.32 Å². The zero-order valence-electron chi connectivity index (χ0n) is 18.0. The summed E-state index contributed by atoms with van der Waals surface area (Å²) in [6.07, 6.45) is -0.165. The van der Waals surface area contributed by atoms with Crippen LogP contribution in [-0.2, 0) is 27.9 Å². The maximum absolute atomic E-state index is 12.0. The van der Waals surface area contributed by atoms with Crippen molar-refractivity contribution in [2.45, 2.75) is 79.6 Å². The number of ether oxygens (including phenoxy) is 2. The molecule has 0 spiro atoms. The Kier molecular flexibility index (Phi) is 11.3. The highest BCUT2D eigenvalue weighted by Gasteiger charge is 2.25. The van der Waals surface area contributed by atoms with Gasteiger partial charge in [-0.05, 0) is 41.0 Å². The molecule has 0 saturated carbocycles. The number of phosphoric ester groups is 1. The molecule has 0 aliphatic carbocycles. The van der Waals surface area contributed by atoms with Gasteiger partial charge in [0.15, 0.2) is 0 Å². The molecule has 0 aromatic rings. The van der Waals surface area contributed by atoms with Crippen molar-refractivity contribution in [3.8, 4) is 0 Å². The van der Waals surface area contributed by atoms with Gasteiger partial charge in [0.1, 0.15) is 6.10 Å². The van der Waals surface area contributed by atoms with Gasteiger partial charge in [0.2, 0.25) is 5.91 Å². The van der Waals surface area contributed by atoms with Crippen molar-refractivity contribution in [2.75, 3.05) is 26.4 Å². The molecule has 0 aromatic heterocycles. The summed E-state index contributed by atoms with van der Waals surface area (Å²) < 4.78 is 33.3. The molecule has 2 atom stereocenters. The molecule has 0 aliphatic rings. The number of nitrogens with one attached hydrogen (secondary N) is 1. The molecule has 0 aliphatic heterocycles. The first-order valence-corrected chi connectivity index (χ1v) is 10.8. The quantitative estimate of drug-likeness (QED) is 0.375. The lowest BCUT2D eigenvalue weighted by atomic mass is 9.96. The Morgan fingerprint density at radius 2 is 1.67 bits per heavy atom. The second-order valence-electron chi connectivity index (χ2n) is 8.69. The third kappa shape index (κ3) is 15.1. The number of hydrogen-bond donors (Lipinski definition) is 2. The minimum Gasteiger partial charge on any atom is -0.373 e. The molecule has 0 fully saturated rings. The number of rotatable bonds is 12. The molecule has 0 saturated heterocycles. The van der Waals surface area contributed by atoms with E-state index in [2.05, 4.69) is 5.32 Å². The summed E-state index contributed by atoms with van der Waals surface area (Å²) in [5, 5.41) is 2.74. The molecule has 0 heterocycles. The molecule has 2 unspecified atom stereocenters. The average Bonchev–Trinajstić information content (AvgIpc) is 2.47. The highest BCUT2D eigenvalue weighted by atomic mass is 31.2. The van der Waals surface area contributed by atoms with Gasteiger partial charge >= 0.3 is 7.82 Å². The Morgan fingerprint density at radius 1 is 1.07 bits per heavy atom. The van der Waals surface area contributed by atoms with Gasteiger partial charge < -0.3 is 19.7 Å². The van der Waals surface area contributed by atoms with Crippen molar-refractivity contribution in [1.82, 2.24) is 5.32 Å². The number of carbonyl (C=O) groups is 1. The summed E-state index contributed by atoms with van der Waals surface area (Å²) in [5.41, 5.74) is -0.827. The predicted octanol–water partition coefficient (Wildman–Crippen LogP) is 3.28. The SMILES string of the molecule is CC(C)OC(COC(C)(C)C)COP(=O)(O)OCCCNC(=O)C(C)(C)C. The fourth-order valence-corrected chi connectivity index (χ4v) is 2.58. The van der Waals surface area contributed by atoms with E-state index in [1.165, 1.54) is 0 Å². The Hall–Kier alpha value is -0.500. The topological polar surface area (TPSA) is 103 Å². The maximum atomic E-state index is 12.0. The molecule has 9 heteroatoms. The monoisotopic (exact) mass is 411 g/mol. The van der Waals surface area contributed by atoms with E-state index < -0.39 is 19.3 Å². The lowest BCUT2D eigenvalue weighted by Gasteiger charge is -2.26. The summed E-state index contributed by atoms with van der Waals surface area (Å²) in [7, 11) is -4.20. The highest BCUT2D eigenvalue weighted by molar-refractivity contribution is 7.47. The molecular weight excluding hydrogens is 373 g/mol. The summed E-state index contributed by atoms with van der Waals surface area (Å²) in [5.74, 6) is -0.0848. The molecule has 0 bridgehead atoms. The van der Waals surface area contributed by atoms with Crippen molar-refractivity contribution in [1.29, 1.82) is 0 Å². The molecule has 8 nitrogen and oxygen atoms in total. The van der Waals surface area contributed by atoms with E-state index >= 15 is 0 Å². The van der Waals surface area contributed by atoms with Gasteiger partial charge in [0.25, 0.3) is 0 Å². The molecule has 1 amide bonds. The summed E-state index contributed by atoms with van der Waals surface area (Å²) in [6, 6.07) is 0. The van der Waals surface area contributed by atoms with Gasteiger partial charge in [0.05, 0.1) is 31.5 Å². The van der Waals surface area contributed by atoms with Crippen LogP contribution in [0.3, 0.4) is 0 Å². The van der Waals surface area contributed by atoms with E-state index in [0.717, 1.165) is 0 Å². The molecule has 0 aromatic carbocycles. The van der Waals surface area contributed by atoms with E-state index in [9.17, 15) is 14.3 Å². The summed E-state index contributed by atoms with van der Waals surface area (Å²) >= 11 is 0. The zero-order valence-corrected chi connectivity index (χ0v) is 18.9. The van der Waals surface area contributed by atoms with Crippen LogP contribution in [-0.4, -0.2) is 55.0 Å². The second kappa shape index (κ2) is 11.5. The predicted molar refractivity (Wildman–Crippen MR) is 105 cm³/mol. The average molecular weight is 411 g/mol. The lowest BCUT2D eigenvalue weighted by Crippen LogP contribution is -2.35. The van der Waals surface area contributed by atoms with Gasteiger partial charge in [0, 0.05) is 12.0 Å². The van der Waals surface area contributed by atoms with Crippen LogP contribution in [0.15, 0.2) is 0 Å². The van der Waals surface area contributed by atoms with Gasteiger partial charge in [-0.15, -0.1) is 0 Å². The minimum absolute atomic E-state index is 0.00754. The van der Waals surface area contributed by atoms with Crippen LogP contribution in [0.4, 0.5) is 0 Å². The molecule has 162 valence electrons. The fraction of sp³-hybridized carbons (Fsp3) is 0.944. The lowest BCUT2D eigenvalue weighted by molar-refractivity contribution is -0.128. The van der Waals surface area contributed by atoms with Crippen molar-refractivity contribution in [3.05, 3.63) is 0 Å². The van der Waals surface area contributed by atoms with Crippen LogP contribution in [0, 0.1) is 5.41 Å². The van der Waals surface area contributed by atoms with Crippen molar-refractivity contribution in [2.24, 2.45) is 5.41 Å². The smallest absolute Gasteiger partial charge is 0.373 e. The summed E-state index contributed by atoms with van der Waals surface area (Å²) in [4.78, 5) is 21.5. The first-order chi connectivity index (χ1) is 12.1. The molecular formula is C18H38NO7P. The maximum Gasteiger partial charge on any atom is 0.472 e. The van der Waals surface area contributed by atoms with E-state index in [1.807, 2.05) is 55.4 Å². The van der Waals surface area contributed by atoms with E-state index in [0.29, 0.717) is 13.0 Å². The Morgan fingerprint density at radius 3 is 2.15 bits per heavy atom. The first kappa shape index (κ1) is 26.5. The van der Waals surface area contributed by atoms with Crippen molar-refractivity contribution >= 4 is 13.7 Å². The Labute approximate surface area is 163 Å². The largest absolute Gasteiger partial charge is 0.472 e. The van der Waals surface area contributed by atoms with Crippen LogP contribution in [0.1, 0.15) is 61.8 Å². The van der Waals surface area contributed by atoms with E-state index in [4.69, 9.17) is 18.5 Å². The molecule has 0 radical (unpaired) electrons. The third-order valence-corrected chi connectivity index (χ3v) is 4.12. The Bertz CT molecular complexity index is 483. The van der Waals surface area contributed by atoms with Crippen LogP contribution in [0.25, 0.3) is 0 Å². The van der Waals surface area contributed by atoms with Gasteiger partial charge in [-0.3, -0.25) is 13.8 Å². The van der Waals surface area contributed by atoms with Crippen LogP contribution >= 0.6 is 7.82 Å². The standard InChI is InChI=1S/C18H38NO7P/c1-14(2)26-15(12-23-18(6,7)8)13-25-27(21,22)24-11-9-10-19-16(20)17(3,4)5/h14-15H,9-13H2,1-8H3,(H,19,20)(H,21,22). The fourth-order valence-electron chi connectivity index (χ4n) is 1.79. The van der Waals surface area contributed by atoms with Crippen molar-refractivity contribution in [3.63, 3.8) is 0 Å². The number of phosphoric acid groups is 1. The van der Waals surface area contributed by atoms with Crippen LogP contribution in [0.2, 0.25) is 0 Å². The number of amides is 1. The molecule has 27 heavy (non-hydrogen) atoms. The van der Waals surface area contributed by atoms with Crippen molar-refractivity contribution < 1.29 is 32.8 Å². The third-order valence-electron chi connectivity index (χ3n) is 3.13. The zero-order chi connectivity index (χ0) is 21.3.